The Morgan fingerprint density at radius 2 is 1.83 bits per heavy atom. The van der Waals surface area contributed by atoms with Gasteiger partial charge in [-0.05, 0) is 50.6 Å². The molecule has 1 fully saturated rings. The largest absolute Gasteiger partial charge is 0.373 e. The van der Waals surface area contributed by atoms with E-state index in [1.165, 1.54) is 17.2 Å². The quantitative estimate of drug-likeness (QED) is 0.386. The van der Waals surface area contributed by atoms with Gasteiger partial charge in [-0.1, -0.05) is 0 Å². The highest BCUT2D eigenvalue weighted by atomic mass is 19.3. The Balaban J connectivity index is 1.70. The molecule has 1 saturated heterocycles. The Bertz CT molecular complexity index is 1560. The molecular weight excluding hydrogens is 478 g/mol. The lowest BCUT2D eigenvalue weighted by Gasteiger charge is -2.38. The fraction of sp³-hybridized carbons (Fsp3) is 0.280. The minimum atomic E-state index is -3.52. The third-order valence-electron chi connectivity index (χ3n) is 6.13. The second-order valence-electron chi connectivity index (χ2n) is 8.74. The van der Waals surface area contributed by atoms with Crippen molar-refractivity contribution in [3.8, 4) is 11.4 Å². The first-order valence-corrected chi connectivity index (χ1v) is 11.1. The molecule has 4 aromatic rings. The molecule has 7 nitrogen and oxygen atoms in total. The average molecular weight is 499 g/mol. The Hall–Kier alpha value is -3.86. The molecule has 0 unspecified atom stereocenters. The van der Waals surface area contributed by atoms with Crippen LogP contribution in [0.2, 0.25) is 0 Å². The van der Waals surface area contributed by atoms with E-state index in [2.05, 4.69) is 15.0 Å². The lowest BCUT2D eigenvalue weighted by molar-refractivity contribution is -0.269. The monoisotopic (exact) mass is 499 g/mol. The van der Waals surface area contributed by atoms with Gasteiger partial charge in [-0.15, -0.1) is 0 Å². The number of ether oxygens (including phenoxy) is 1. The zero-order chi connectivity index (χ0) is 25.8. The summed E-state index contributed by atoms with van der Waals surface area (Å²) in [5.74, 6) is -1.89. The van der Waals surface area contributed by atoms with E-state index in [1.807, 2.05) is 0 Å². The summed E-state index contributed by atoms with van der Waals surface area (Å²) in [5, 5.41) is 0. The molecule has 0 aliphatic carbocycles. The summed E-state index contributed by atoms with van der Waals surface area (Å²) in [5.41, 5.74) is 1.33. The van der Waals surface area contributed by atoms with E-state index in [0.717, 1.165) is 16.5 Å². The van der Waals surface area contributed by atoms with Crippen LogP contribution in [-0.2, 0) is 4.74 Å². The summed E-state index contributed by atoms with van der Waals surface area (Å²) < 4.78 is 64.0. The molecule has 186 valence electrons. The van der Waals surface area contributed by atoms with Crippen molar-refractivity contribution in [3.05, 3.63) is 87.1 Å². The molecule has 3 aromatic heterocycles. The number of anilines is 1. The van der Waals surface area contributed by atoms with Crippen LogP contribution < -0.4 is 10.5 Å². The summed E-state index contributed by atoms with van der Waals surface area (Å²) in [6, 6.07) is 7.49. The molecule has 0 bridgehead atoms. The average Bonchev–Trinajstić information content (AvgIpc) is 2.81. The van der Waals surface area contributed by atoms with E-state index in [9.17, 15) is 22.4 Å². The van der Waals surface area contributed by atoms with Crippen LogP contribution in [0.5, 0.6) is 0 Å². The topological polar surface area (TPSA) is 72.6 Å². The van der Waals surface area contributed by atoms with Gasteiger partial charge < -0.3 is 9.64 Å². The summed E-state index contributed by atoms with van der Waals surface area (Å²) in [7, 11) is 0. The lowest BCUT2D eigenvalue weighted by Crippen LogP contribution is -2.48. The van der Waals surface area contributed by atoms with E-state index in [4.69, 9.17) is 4.74 Å². The highest BCUT2D eigenvalue weighted by molar-refractivity contribution is 5.65. The van der Waals surface area contributed by atoms with Crippen LogP contribution in [0.25, 0.3) is 17.0 Å². The Morgan fingerprint density at radius 1 is 1.06 bits per heavy atom. The first kappa shape index (κ1) is 23.9. The fourth-order valence-corrected chi connectivity index (χ4v) is 4.24. The fourth-order valence-electron chi connectivity index (χ4n) is 4.24. The van der Waals surface area contributed by atoms with Gasteiger partial charge in [0.2, 0.25) is 0 Å². The van der Waals surface area contributed by atoms with Crippen molar-refractivity contribution >= 4 is 11.5 Å². The van der Waals surface area contributed by atoms with Crippen molar-refractivity contribution in [2.75, 3.05) is 18.0 Å². The van der Waals surface area contributed by atoms with Crippen molar-refractivity contribution < 1.29 is 22.3 Å². The SMILES string of the molecule is Cc1cc([C@H]2CN(c3cc4nc(C)c(C)c(=O)n4c(-c4ccc(F)cc4F)n3)CC(F)(F)O2)ccn1. The number of morpholine rings is 1. The third kappa shape index (κ3) is 4.30. The molecule has 1 atom stereocenters. The highest BCUT2D eigenvalue weighted by Crippen LogP contribution is 2.36. The normalized spacial score (nSPS) is 17.5. The Kier molecular flexibility index (Phi) is 5.74. The highest BCUT2D eigenvalue weighted by Gasteiger charge is 2.43. The number of benzene rings is 1. The molecular formula is C25H21F4N5O2. The standard InChI is InChI=1S/C25H21F4N5O2/c1-13-8-16(6-7-30-13)20-11-33(12-25(28,29)36-20)21-10-22-31-15(3)14(2)24(35)34(22)23(32-21)18-5-4-17(26)9-19(18)27/h4-10,20H,11-12H2,1-3H3/t20-/m1/s1. The van der Waals surface area contributed by atoms with Crippen molar-refractivity contribution in [1.82, 2.24) is 19.4 Å². The molecule has 36 heavy (non-hydrogen) atoms. The Labute approximate surface area is 203 Å². The first-order valence-electron chi connectivity index (χ1n) is 11.1. The number of hydrogen-bond donors (Lipinski definition) is 0. The maximum Gasteiger partial charge on any atom is 0.373 e. The molecule has 0 saturated carbocycles. The molecule has 0 radical (unpaired) electrons. The van der Waals surface area contributed by atoms with Gasteiger partial charge in [-0.3, -0.25) is 9.78 Å². The van der Waals surface area contributed by atoms with E-state index in [1.54, 1.807) is 32.9 Å². The smallest absolute Gasteiger partial charge is 0.345 e. The van der Waals surface area contributed by atoms with Gasteiger partial charge >= 0.3 is 6.11 Å². The first-order chi connectivity index (χ1) is 17.0. The number of fused-ring (bicyclic) bond motifs is 1. The molecule has 0 N–H and O–H groups in total. The molecule has 0 amide bonds. The predicted molar refractivity (Wildman–Crippen MR) is 124 cm³/mol. The summed E-state index contributed by atoms with van der Waals surface area (Å²) in [6.07, 6.45) is -3.02. The number of aryl methyl sites for hydroxylation is 2. The number of aromatic nitrogens is 4. The van der Waals surface area contributed by atoms with E-state index < -0.39 is 36.0 Å². The minimum absolute atomic E-state index is 0.00261. The van der Waals surface area contributed by atoms with Crippen LogP contribution in [-0.4, -0.2) is 38.6 Å². The number of rotatable bonds is 3. The number of alkyl halides is 2. The maximum absolute atomic E-state index is 14.8. The zero-order valence-corrected chi connectivity index (χ0v) is 19.6. The molecule has 5 rings (SSSR count). The lowest BCUT2D eigenvalue weighted by atomic mass is 10.1. The van der Waals surface area contributed by atoms with Gasteiger partial charge in [-0.2, -0.15) is 8.78 Å². The van der Waals surface area contributed by atoms with Gasteiger partial charge in [0, 0.05) is 35.3 Å². The molecule has 1 aliphatic heterocycles. The van der Waals surface area contributed by atoms with Gasteiger partial charge in [0.05, 0.1) is 12.1 Å². The molecule has 1 aliphatic rings. The van der Waals surface area contributed by atoms with Crippen LogP contribution in [0, 0.1) is 32.4 Å². The van der Waals surface area contributed by atoms with Crippen LogP contribution in [0.3, 0.4) is 0 Å². The number of pyridine rings is 1. The van der Waals surface area contributed by atoms with Crippen LogP contribution in [0.15, 0.2) is 47.4 Å². The number of halogens is 4. The van der Waals surface area contributed by atoms with Crippen molar-refractivity contribution in [3.63, 3.8) is 0 Å². The summed E-state index contributed by atoms with van der Waals surface area (Å²) in [6.45, 7) is 4.13. The van der Waals surface area contributed by atoms with Crippen LogP contribution in [0.1, 0.15) is 28.6 Å². The van der Waals surface area contributed by atoms with Crippen molar-refractivity contribution in [1.29, 1.82) is 0 Å². The van der Waals surface area contributed by atoms with Crippen LogP contribution in [0.4, 0.5) is 23.4 Å². The molecule has 4 heterocycles. The zero-order valence-electron chi connectivity index (χ0n) is 19.6. The minimum Gasteiger partial charge on any atom is -0.345 e. The van der Waals surface area contributed by atoms with E-state index in [0.29, 0.717) is 28.6 Å². The third-order valence-corrected chi connectivity index (χ3v) is 6.13. The summed E-state index contributed by atoms with van der Waals surface area (Å²) in [4.78, 5) is 27.3. The van der Waals surface area contributed by atoms with E-state index in [-0.39, 0.29) is 29.4 Å². The van der Waals surface area contributed by atoms with Crippen molar-refractivity contribution in [2.24, 2.45) is 0 Å². The predicted octanol–water partition coefficient (Wildman–Crippen LogP) is 4.53. The maximum atomic E-state index is 14.8. The summed E-state index contributed by atoms with van der Waals surface area (Å²) >= 11 is 0. The second-order valence-corrected chi connectivity index (χ2v) is 8.74. The number of nitrogens with zero attached hydrogens (tertiary/aromatic N) is 5. The molecule has 0 spiro atoms. The molecule has 1 aromatic carbocycles. The van der Waals surface area contributed by atoms with Crippen molar-refractivity contribution in [2.45, 2.75) is 33.0 Å². The molecule has 11 heteroatoms. The second kappa shape index (κ2) is 8.66. The Morgan fingerprint density at radius 3 is 2.56 bits per heavy atom. The number of hydrogen-bond acceptors (Lipinski definition) is 6. The van der Waals surface area contributed by atoms with Gasteiger partial charge in [0.25, 0.3) is 5.56 Å². The van der Waals surface area contributed by atoms with Gasteiger partial charge in [-0.25, -0.2) is 23.1 Å². The van der Waals surface area contributed by atoms with Gasteiger partial charge in [0.15, 0.2) is 5.82 Å². The van der Waals surface area contributed by atoms with E-state index >= 15 is 0 Å². The van der Waals surface area contributed by atoms with Crippen LogP contribution >= 0.6 is 0 Å². The van der Waals surface area contributed by atoms with Gasteiger partial charge in [0.1, 0.15) is 35.7 Å².